The van der Waals surface area contributed by atoms with E-state index in [0.717, 1.165) is 38.9 Å². The van der Waals surface area contributed by atoms with Crippen LogP contribution >= 0.6 is 0 Å². The van der Waals surface area contributed by atoms with E-state index in [0.29, 0.717) is 12.5 Å². The Morgan fingerprint density at radius 3 is 2.35 bits per heavy atom. The number of hydrogen-bond donors (Lipinski definition) is 2. The van der Waals surface area contributed by atoms with Crippen LogP contribution in [-0.2, 0) is 9.53 Å². The fraction of sp³-hybridized carbons (Fsp3) is 0.882. The summed E-state index contributed by atoms with van der Waals surface area (Å²) in [4.78, 5) is 25.9. The van der Waals surface area contributed by atoms with Gasteiger partial charge in [0, 0.05) is 13.1 Å². The number of carbonyl (C=O) groups excluding carboxylic acids is 2. The third-order valence-electron chi connectivity index (χ3n) is 4.06. The lowest BCUT2D eigenvalue weighted by molar-refractivity contribution is -0.126. The fourth-order valence-electron chi connectivity index (χ4n) is 2.65. The molecule has 1 fully saturated rings. The third kappa shape index (κ3) is 7.68. The molecule has 0 spiro atoms. The van der Waals surface area contributed by atoms with Gasteiger partial charge in [0.25, 0.3) is 0 Å². The van der Waals surface area contributed by atoms with Gasteiger partial charge in [-0.2, -0.15) is 0 Å². The number of likely N-dealkylation sites (tertiary alicyclic amines) is 1. The second kappa shape index (κ2) is 9.11. The van der Waals surface area contributed by atoms with Crippen molar-refractivity contribution in [3.05, 3.63) is 0 Å². The van der Waals surface area contributed by atoms with Gasteiger partial charge in [-0.3, -0.25) is 9.69 Å². The molecule has 23 heavy (non-hydrogen) atoms. The molecule has 1 rings (SSSR count). The normalized spacial score (nSPS) is 18.3. The first-order valence-electron chi connectivity index (χ1n) is 8.71. The molecule has 0 radical (unpaired) electrons. The van der Waals surface area contributed by atoms with Crippen molar-refractivity contribution in [2.45, 2.75) is 65.5 Å². The van der Waals surface area contributed by atoms with E-state index in [2.05, 4.69) is 15.5 Å². The molecule has 2 amide bonds. The standard InChI is InChI=1S/C17H33N3O3/c1-6-9-18-15(21)13(2)20-10-7-14(8-11-20)12-19-16(22)23-17(3,4)5/h13-14H,6-12H2,1-5H3,(H,18,21)(H,19,22)/t13-/m0/s1. The van der Waals surface area contributed by atoms with Crippen LogP contribution in [0.4, 0.5) is 4.79 Å². The first-order chi connectivity index (χ1) is 10.7. The summed E-state index contributed by atoms with van der Waals surface area (Å²) in [5.41, 5.74) is -0.464. The molecule has 1 atom stereocenters. The zero-order valence-corrected chi connectivity index (χ0v) is 15.3. The molecule has 1 heterocycles. The van der Waals surface area contributed by atoms with Crippen molar-refractivity contribution in [3.63, 3.8) is 0 Å². The predicted octanol–water partition coefficient (Wildman–Crippen LogP) is 2.14. The van der Waals surface area contributed by atoms with Gasteiger partial charge in [-0.15, -0.1) is 0 Å². The largest absolute Gasteiger partial charge is 0.444 e. The summed E-state index contributed by atoms with van der Waals surface area (Å²) >= 11 is 0. The number of ether oxygens (including phenoxy) is 1. The number of hydrogen-bond acceptors (Lipinski definition) is 4. The summed E-state index contributed by atoms with van der Waals surface area (Å²) in [6.45, 7) is 12.7. The summed E-state index contributed by atoms with van der Waals surface area (Å²) < 4.78 is 5.24. The van der Waals surface area contributed by atoms with Crippen molar-refractivity contribution in [1.29, 1.82) is 0 Å². The van der Waals surface area contributed by atoms with Crippen LogP contribution < -0.4 is 10.6 Å². The molecule has 0 aromatic heterocycles. The molecular weight excluding hydrogens is 294 g/mol. The van der Waals surface area contributed by atoms with Crippen LogP contribution in [0, 0.1) is 5.92 Å². The van der Waals surface area contributed by atoms with E-state index < -0.39 is 5.60 Å². The van der Waals surface area contributed by atoms with Gasteiger partial charge in [0.2, 0.25) is 5.91 Å². The third-order valence-corrected chi connectivity index (χ3v) is 4.06. The van der Waals surface area contributed by atoms with Gasteiger partial charge in [-0.1, -0.05) is 6.92 Å². The van der Waals surface area contributed by atoms with E-state index in [9.17, 15) is 9.59 Å². The first kappa shape index (κ1) is 19.7. The Morgan fingerprint density at radius 2 is 1.83 bits per heavy atom. The number of amides is 2. The summed E-state index contributed by atoms with van der Waals surface area (Å²) in [6, 6.07) is -0.0821. The maximum atomic E-state index is 12.0. The monoisotopic (exact) mass is 327 g/mol. The number of piperidine rings is 1. The van der Waals surface area contributed by atoms with E-state index in [1.54, 1.807) is 0 Å². The molecule has 6 heteroatoms. The molecule has 0 saturated carbocycles. The maximum Gasteiger partial charge on any atom is 0.407 e. The van der Waals surface area contributed by atoms with Crippen molar-refractivity contribution in [2.75, 3.05) is 26.2 Å². The smallest absolute Gasteiger partial charge is 0.407 e. The number of nitrogens with zero attached hydrogens (tertiary/aromatic N) is 1. The number of carbonyl (C=O) groups is 2. The molecule has 0 aromatic carbocycles. The van der Waals surface area contributed by atoms with Gasteiger partial charge in [-0.05, 0) is 66.0 Å². The van der Waals surface area contributed by atoms with Crippen molar-refractivity contribution in [2.24, 2.45) is 5.92 Å². The lowest BCUT2D eigenvalue weighted by Gasteiger charge is -2.35. The molecule has 1 aliphatic heterocycles. The highest BCUT2D eigenvalue weighted by Crippen LogP contribution is 2.18. The fourth-order valence-corrected chi connectivity index (χ4v) is 2.65. The van der Waals surface area contributed by atoms with Gasteiger partial charge in [0.05, 0.1) is 6.04 Å². The van der Waals surface area contributed by atoms with Crippen LogP contribution in [-0.4, -0.2) is 54.7 Å². The Kier molecular flexibility index (Phi) is 7.82. The molecule has 1 aliphatic rings. The highest BCUT2D eigenvalue weighted by Gasteiger charge is 2.27. The van der Waals surface area contributed by atoms with Crippen LogP contribution in [0.1, 0.15) is 53.9 Å². The number of nitrogens with one attached hydrogen (secondary N) is 2. The zero-order chi connectivity index (χ0) is 17.5. The van der Waals surface area contributed by atoms with Gasteiger partial charge in [-0.25, -0.2) is 4.79 Å². The highest BCUT2D eigenvalue weighted by atomic mass is 16.6. The van der Waals surface area contributed by atoms with Crippen LogP contribution in [0.2, 0.25) is 0 Å². The Morgan fingerprint density at radius 1 is 1.22 bits per heavy atom. The van der Waals surface area contributed by atoms with Gasteiger partial charge in [0.15, 0.2) is 0 Å². The van der Waals surface area contributed by atoms with E-state index in [-0.39, 0.29) is 18.0 Å². The van der Waals surface area contributed by atoms with Crippen LogP contribution in [0.3, 0.4) is 0 Å². The van der Waals surface area contributed by atoms with Gasteiger partial charge >= 0.3 is 6.09 Å². The molecule has 0 aliphatic carbocycles. The van der Waals surface area contributed by atoms with Crippen molar-refractivity contribution in [3.8, 4) is 0 Å². The quantitative estimate of drug-likeness (QED) is 0.784. The van der Waals surface area contributed by atoms with Crippen LogP contribution in [0.5, 0.6) is 0 Å². The molecule has 0 bridgehead atoms. The maximum absolute atomic E-state index is 12.0. The van der Waals surface area contributed by atoms with Gasteiger partial charge < -0.3 is 15.4 Å². The van der Waals surface area contributed by atoms with E-state index >= 15 is 0 Å². The van der Waals surface area contributed by atoms with E-state index in [4.69, 9.17) is 4.74 Å². The molecule has 2 N–H and O–H groups in total. The predicted molar refractivity (Wildman–Crippen MR) is 91.3 cm³/mol. The van der Waals surface area contributed by atoms with Crippen molar-refractivity contribution >= 4 is 12.0 Å². The lowest BCUT2D eigenvalue weighted by atomic mass is 9.96. The van der Waals surface area contributed by atoms with Crippen LogP contribution in [0.25, 0.3) is 0 Å². The minimum Gasteiger partial charge on any atom is -0.444 e. The van der Waals surface area contributed by atoms with Crippen LogP contribution in [0.15, 0.2) is 0 Å². The molecule has 0 aromatic rings. The minimum absolute atomic E-state index is 0.0821. The van der Waals surface area contributed by atoms with E-state index in [1.807, 2.05) is 34.6 Å². The average molecular weight is 327 g/mol. The SMILES string of the molecule is CCCNC(=O)[C@H](C)N1CCC(CNC(=O)OC(C)(C)C)CC1. The van der Waals surface area contributed by atoms with Gasteiger partial charge in [0.1, 0.15) is 5.60 Å². The number of alkyl carbamates (subject to hydrolysis) is 1. The number of rotatable bonds is 6. The highest BCUT2D eigenvalue weighted by molar-refractivity contribution is 5.81. The Bertz CT molecular complexity index is 385. The average Bonchev–Trinajstić information content (AvgIpc) is 2.48. The zero-order valence-electron chi connectivity index (χ0n) is 15.3. The Labute approximate surface area is 140 Å². The molecule has 0 unspecified atom stereocenters. The second-order valence-electron chi connectivity index (χ2n) is 7.33. The molecule has 6 nitrogen and oxygen atoms in total. The van der Waals surface area contributed by atoms with Crippen molar-refractivity contribution in [1.82, 2.24) is 15.5 Å². The summed E-state index contributed by atoms with van der Waals surface area (Å²) in [7, 11) is 0. The Hall–Kier alpha value is -1.30. The summed E-state index contributed by atoms with van der Waals surface area (Å²) in [5, 5.41) is 5.79. The molecular formula is C17H33N3O3. The second-order valence-corrected chi connectivity index (χ2v) is 7.33. The summed E-state index contributed by atoms with van der Waals surface area (Å²) in [6.07, 6.45) is 2.58. The molecule has 134 valence electrons. The van der Waals surface area contributed by atoms with E-state index in [1.165, 1.54) is 0 Å². The minimum atomic E-state index is -0.464. The first-order valence-corrected chi connectivity index (χ1v) is 8.71. The lowest BCUT2D eigenvalue weighted by Crippen LogP contribution is -2.49. The topological polar surface area (TPSA) is 70.7 Å². The Balaban J connectivity index is 2.27. The summed E-state index contributed by atoms with van der Waals surface area (Å²) in [5.74, 6) is 0.557. The van der Waals surface area contributed by atoms with Crippen molar-refractivity contribution < 1.29 is 14.3 Å². The molecule has 1 saturated heterocycles.